The van der Waals surface area contributed by atoms with Crippen LogP contribution < -0.4 is 5.32 Å². The molecule has 0 saturated carbocycles. The monoisotopic (exact) mass is 379 g/mol. The maximum Gasteiger partial charge on any atom is 0.251 e. The van der Waals surface area contributed by atoms with Gasteiger partial charge in [-0.2, -0.15) is 0 Å². The predicted octanol–water partition coefficient (Wildman–Crippen LogP) is 0.863. The smallest absolute Gasteiger partial charge is 0.251 e. The van der Waals surface area contributed by atoms with Gasteiger partial charge in [-0.05, 0) is 31.1 Å². The molecule has 154 valence electrons. The van der Waals surface area contributed by atoms with E-state index in [1.54, 1.807) is 0 Å². The summed E-state index contributed by atoms with van der Waals surface area (Å²) in [6.07, 6.45) is 3.01. The van der Waals surface area contributed by atoms with E-state index in [0.29, 0.717) is 0 Å². The zero-order valence-electron chi connectivity index (χ0n) is 17.3. The molecule has 0 radical (unpaired) electrons. The minimum absolute atomic E-state index is 0.170. The molecule has 3 aliphatic rings. The van der Waals surface area contributed by atoms with Crippen LogP contribution in [0.5, 0.6) is 0 Å². The Kier molecular flexibility index (Phi) is 7.35. The van der Waals surface area contributed by atoms with Crippen molar-refractivity contribution in [3.8, 4) is 0 Å². The second kappa shape index (κ2) is 9.73. The van der Waals surface area contributed by atoms with Gasteiger partial charge in [-0.15, -0.1) is 0 Å². The summed E-state index contributed by atoms with van der Waals surface area (Å²) >= 11 is 0. The van der Waals surface area contributed by atoms with Crippen molar-refractivity contribution in [3.05, 3.63) is 0 Å². The number of amides is 1. The van der Waals surface area contributed by atoms with E-state index in [9.17, 15) is 4.79 Å². The van der Waals surface area contributed by atoms with Gasteiger partial charge in [0.2, 0.25) is 0 Å². The van der Waals surface area contributed by atoms with Crippen molar-refractivity contribution in [1.82, 2.24) is 20.0 Å². The number of rotatable bonds is 4. The van der Waals surface area contributed by atoms with Crippen LogP contribution in [-0.2, 0) is 9.53 Å². The highest BCUT2D eigenvalue weighted by Gasteiger charge is 2.31. The first kappa shape index (κ1) is 20.4. The minimum Gasteiger partial charge on any atom is -0.368 e. The number of hydrogen-bond donors (Lipinski definition) is 1. The minimum atomic E-state index is -0.205. The third-order valence-corrected chi connectivity index (χ3v) is 5.96. The Morgan fingerprint density at radius 2 is 1.78 bits per heavy atom. The van der Waals surface area contributed by atoms with Gasteiger partial charge >= 0.3 is 0 Å². The van der Waals surface area contributed by atoms with Gasteiger partial charge in [0.1, 0.15) is 6.10 Å². The first-order valence-electron chi connectivity index (χ1n) is 10.6. The lowest BCUT2D eigenvalue weighted by molar-refractivity contribution is -0.142. The van der Waals surface area contributed by atoms with Gasteiger partial charge in [0, 0.05) is 66.0 Å². The lowest BCUT2D eigenvalue weighted by Crippen LogP contribution is -2.56. The van der Waals surface area contributed by atoms with E-state index in [1.807, 2.05) is 11.9 Å². The summed E-state index contributed by atoms with van der Waals surface area (Å²) in [6, 6.07) is 0. The van der Waals surface area contributed by atoms with Crippen LogP contribution >= 0.6 is 0 Å². The molecule has 0 aromatic rings. The molecule has 3 unspecified atom stereocenters. The van der Waals surface area contributed by atoms with Crippen molar-refractivity contribution in [1.29, 1.82) is 0 Å². The van der Waals surface area contributed by atoms with Gasteiger partial charge in [0.25, 0.3) is 5.91 Å². The predicted molar refractivity (Wildman–Crippen MR) is 108 cm³/mol. The lowest BCUT2D eigenvalue weighted by Gasteiger charge is -2.38. The number of aliphatic imine (C=N–C) groups is 1. The Labute approximate surface area is 164 Å². The molecule has 3 fully saturated rings. The third-order valence-electron chi connectivity index (χ3n) is 5.96. The number of carbonyl (C=O) groups is 1. The molecule has 7 nitrogen and oxygen atoms in total. The van der Waals surface area contributed by atoms with Crippen LogP contribution in [0.3, 0.4) is 0 Å². The average Bonchev–Trinajstić information content (AvgIpc) is 3.19. The Morgan fingerprint density at radius 1 is 1.11 bits per heavy atom. The summed E-state index contributed by atoms with van der Waals surface area (Å²) in [4.78, 5) is 23.7. The highest BCUT2D eigenvalue weighted by Crippen LogP contribution is 2.20. The van der Waals surface area contributed by atoms with E-state index in [-0.39, 0.29) is 12.0 Å². The van der Waals surface area contributed by atoms with Crippen molar-refractivity contribution in [2.24, 2.45) is 16.8 Å². The standard InChI is InChI=1S/C20H37N5O2/c1-16-13-17(2)15-23(14-16)7-6-22-20(21-3)25-10-8-24(9-11-25)19(26)18-5-4-12-27-18/h16-18H,4-15H2,1-3H3,(H,21,22). The van der Waals surface area contributed by atoms with Crippen LogP contribution in [0, 0.1) is 11.8 Å². The van der Waals surface area contributed by atoms with Gasteiger partial charge in [-0.3, -0.25) is 9.79 Å². The number of likely N-dealkylation sites (tertiary alicyclic amines) is 1. The molecule has 3 rings (SSSR count). The molecule has 0 bridgehead atoms. The third kappa shape index (κ3) is 5.57. The van der Waals surface area contributed by atoms with Crippen molar-refractivity contribution < 1.29 is 9.53 Å². The van der Waals surface area contributed by atoms with Crippen molar-refractivity contribution in [2.45, 2.75) is 39.2 Å². The molecule has 27 heavy (non-hydrogen) atoms. The van der Waals surface area contributed by atoms with Crippen LogP contribution in [0.2, 0.25) is 0 Å². The summed E-state index contributed by atoms with van der Waals surface area (Å²) in [5.74, 6) is 2.71. The largest absolute Gasteiger partial charge is 0.368 e. The fourth-order valence-corrected chi connectivity index (χ4v) is 4.75. The maximum atomic E-state index is 12.5. The van der Waals surface area contributed by atoms with E-state index in [0.717, 1.165) is 76.5 Å². The first-order chi connectivity index (χ1) is 13.1. The Balaban J connectivity index is 1.39. The summed E-state index contributed by atoms with van der Waals surface area (Å²) in [5.41, 5.74) is 0. The van der Waals surface area contributed by atoms with Crippen LogP contribution in [0.25, 0.3) is 0 Å². The Morgan fingerprint density at radius 3 is 2.37 bits per heavy atom. The molecule has 3 aliphatic heterocycles. The van der Waals surface area contributed by atoms with Crippen LogP contribution in [-0.4, -0.2) is 98.7 Å². The fraction of sp³-hybridized carbons (Fsp3) is 0.900. The van der Waals surface area contributed by atoms with E-state index >= 15 is 0 Å². The summed E-state index contributed by atoms with van der Waals surface area (Å²) < 4.78 is 5.54. The zero-order chi connectivity index (χ0) is 19.2. The molecule has 0 aromatic carbocycles. The molecule has 3 atom stereocenters. The van der Waals surface area contributed by atoms with Gasteiger partial charge in [0.15, 0.2) is 5.96 Å². The normalized spacial score (nSPS) is 30.6. The molecule has 7 heteroatoms. The quantitative estimate of drug-likeness (QED) is 0.580. The molecule has 0 aliphatic carbocycles. The lowest BCUT2D eigenvalue weighted by atomic mass is 9.92. The van der Waals surface area contributed by atoms with E-state index in [1.165, 1.54) is 19.5 Å². The fourth-order valence-electron chi connectivity index (χ4n) is 4.75. The highest BCUT2D eigenvalue weighted by molar-refractivity contribution is 5.82. The van der Waals surface area contributed by atoms with Crippen LogP contribution in [0.15, 0.2) is 4.99 Å². The van der Waals surface area contributed by atoms with Crippen molar-refractivity contribution in [2.75, 3.05) is 66.0 Å². The van der Waals surface area contributed by atoms with Gasteiger partial charge in [-0.25, -0.2) is 0 Å². The zero-order valence-corrected chi connectivity index (χ0v) is 17.3. The number of carbonyl (C=O) groups excluding carboxylic acids is 1. The Bertz CT molecular complexity index is 503. The number of piperazine rings is 1. The van der Waals surface area contributed by atoms with E-state index in [4.69, 9.17) is 4.74 Å². The van der Waals surface area contributed by atoms with Gasteiger partial charge in [0.05, 0.1) is 0 Å². The molecule has 0 spiro atoms. The van der Waals surface area contributed by atoms with E-state index < -0.39 is 0 Å². The second-order valence-electron chi connectivity index (χ2n) is 8.49. The van der Waals surface area contributed by atoms with Gasteiger partial charge < -0.3 is 24.8 Å². The molecule has 1 N–H and O–H groups in total. The Hall–Kier alpha value is -1.34. The first-order valence-corrected chi connectivity index (χ1v) is 10.6. The molecular weight excluding hydrogens is 342 g/mol. The van der Waals surface area contributed by atoms with Crippen molar-refractivity contribution in [3.63, 3.8) is 0 Å². The molecular formula is C20H37N5O2. The molecule has 3 saturated heterocycles. The van der Waals surface area contributed by atoms with Crippen LogP contribution in [0.1, 0.15) is 33.1 Å². The second-order valence-corrected chi connectivity index (χ2v) is 8.49. The average molecular weight is 380 g/mol. The number of nitrogens with one attached hydrogen (secondary N) is 1. The number of hydrogen-bond acceptors (Lipinski definition) is 4. The number of piperidine rings is 1. The molecule has 0 aromatic heterocycles. The maximum absolute atomic E-state index is 12.5. The summed E-state index contributed by atoms with van der Waals surface area (Å²) in [5, 5.41) is 3.52. The number of nitrogens with zero attached hydrogens (tertiary/aromatic N) is 4. The topological polar surface area (TPSA) is 60.4 Å². The van der Waals surface area contributed by atoms with Gasteiger partial charge in [-0.1, -0.05) is 13.8 Å². The van der Waals surface area contributed by atoms with Crippen LogP contribution in [0.4, 0.5) is 0 Å². The highest BCUT2D eigenvalue weighted by atomic mass is 16.5. The molecule has 3 heterocycles. The SMILES string of the molecule is CN=C(NCCN1CC(C)CC(C)C1)N1CCN(C(=O)C2CCCO2)CC1. The summed E-state index contributed by atoms with van der Waals surface area (Å²) in [6.45, 7) is 13.0. The number of guanidine groups is 1. The summed E-state index contributed by atoms with van der Waals surface area (Å²) in [7, 11) is 1.84. The van der Waals surface area contributed by atoms with E-state index in [2.05, 4.69) is 34.0 Å². The van der Waals surface area contributed by atoms with Crippen molar-refractivity contribution >= 4 is 11.9 Å². The number of ether oxygens (including phenoxy) is 1. The molecule has 1 amide bonds.